The first-order valence-corrected chi connectivity index (χ1v) is 7.77. The quantitative estimate of drug-likeness (QED) is 0.843. The van der Waals surface area contributed by atoms with Crippen molar-refractivity contribution in [3.63, 3.8) is 0 Å². The van der Waals surface area contributed by atoms with Gasteiger partial charge in [0.05, 0.1) is 24.2 Å². The number of furan rings is 1. The topological polar surface area (TPSA) is 71.7 Å². The lowest BCUT2D eigenvalue weighted by molar-refractivity contribution is 0.0569. The molecule has 23 heavy (non-hydrogen) atoms. The molecule has 0 aromatic carbocycles. The van der Waals surface area contributed by atoms with Crippen molar-refractivity contribution in [1.29, 1.82) is 0 Å². The Morgan fingerprint density at radius 2 is 2.13 bits per heavy atom. The van der Waals surface area contributed by atoms with Gasteiger partial charge in [-0.15, -0.1) is 0 Å². The highest BCUT2D eigenvalue weighted by Crippen LogP contribution is 2.26. The van der Waals surface area contributed by atoms with Crippen molar-refractivity contribution in [3.8, 4) is 5.75 Å². The second kappa shape index (κ2) is 6.00. The van der Waals surface area contributed by atoms with E-state index in [4.69, 9.17) is 9.15 Å². The van der Waals surface area contributed by atoms with Crippen LogP contribution in [0.5, 0.6) is 5.75 Å². The monoisotopic (exact) mass is 314 g/mol. The minimum Gasteiger partial charge on any atom is -0.486 e. The number of carbonyl (C=O) groups is 1. The van der Waals surface area contributed by atoms with Crippen molar-refractivity contribution in [2.75, 3.05) is 26.2 Å². The molecule has 2 atom stereocenters. The van der Waals surface area contributed by atoms with E-state index in [2.05, 4.69) is 14.9 Å². The van der Waals surface area contributed by atoms with E-state index >= 15 is 0 Å². The van der Waals surface area contributed by atoms with Crippen LogP contribution in [0.1, 0.15) is 16.8 Å². The van der Waals surface area contributed by atoms with Gasteiger partial charge < -0.3 is 14.1 Å². The molecule has 4 heterocycles. The summed E-state index contributed by atoms with van der Waals surface area (Å²) in [6, 6.07) is 2.05. The molecule has 0 spiro atoms. The summed E-state index contributed by atoms with van der Waals surface area (Å²) in [5, 5.41) is 0. The molecule has 1 amide bonds. The lowest BCUT2D eigenvalue weighted by Gasteiger charge is -2.36. The third-order valence-electron chi connectivity index (χ3n) is 4.47. The largest absolute Gasteiger partial charge is 0.486 e. The molecule has 2 aliphatic rings. The van der Waals surface area contributed by atoms with Gasteiger partial charge in [0.1, 0.15) is 18.7 Å². The molecular weight excluding hydrogens is 296 g/mol. The average molecular weight is 314 g/mol. The molecule has 0 bridgehead atoms. The van der Waals surface area contributed by atoms with Crippen LogP contribution in [0.3, 0.4) is 0 Å². The molecule has 120 valence electrons. The minimum absolute atomic E-state index is 0.0410. The zero-order chi connectivity index (χ0) is 15.6. The van der Waals surface area contributed by atoms with Gasteiger partial charge in [0.25, 0.3) is 5.91 Å². The number of nitrogens with zero attached hydrogens (tertiary/aromatic N) is 4. The summed E-state index contributed by atoms with van der Waals surface area (Å²) in [7, 11) is 0. The molecule has 0 unspecified atom stereocenters. The van der Waals surface area contributed by atoms with Crippen LogP contribution < -0.4 is 4.74 Å². The molecule has 2 saturated heterocycles. The van der Waals surface area contributed by atoms with Crippen molar-refractivity contribution >= 4 is 5.91 Å². The van der Waals surface area contributed by atoms with Crippen LogP contribution in [0.4, 0.5) is 0 Å². The van der Waals surface area contributed by atoms with Crippen molar-refractivity contribution in [2.45, 2.75) is 18.6 Å². The summed E-state index contributed by atoms with van der Waals surface area (Å²) < 4.78 is 11.0. The third-order valence-corrected chi connectivity index (χ3v) is 4.47. The Balaban J connectivity index is 1.38. The number of amides is 1. The van der Waals surface area contributed by atoms with Crippen LogP contribution in [0.2, 0.25) is 0 Å². The Morgan fingerprint density at radius 3 is 2.91 bits per heavy atom. The molecule has 2 aromatic rings. The predicted molar refractivity (Wildman–Crippen MR) is 81.0 cm³/mol. The summed E-state index contributed by atoms with van der Waals surface area (Å²) in [5.41, 5.74) is 0.616. The fourth-order valence-corrected chi connectivity index (χ4v) is 3.37. The second-order valence-electron chi connectivity index (χ2n) is 5.96. The Hall–Kier alpha value is -2.41. The molecule has 4 rings (SSSR count). The van der Waals surface area contributed by atoms with Crippen LogP contribution in [0.15, 0.2) is 41.7 Å². The summed E-state index contributed by atoms with van der Waals surface area (Å²) in [4.78, 5) is 24.7. The van der Waals surface area contributed by atoms with E-state index in [0.717, 1.165) is 32.6 Å². The number of carbonyl (C=O) groups excluding carboxylic acids is 1. The predicted octanol–water partition coefficient (Wildman–Crippen LogP) is 1.05. The van der Waals surface area contributed by atoms with E-state index < -0.39 is 0 Å². The molecule has 2 aliphatic heterocycles. The summed E-state index contributed by atoms with van der Waals surface area (Å²) in [6.07, 6.45) is 8.91. The SMILES string of the molecule is O=C(c1ccoc1)N1CCN2C[C@H](Oc3cncnc3)C[C@H]2C1. The molecule has 7 nitrogen and oxygen atoms in total. The fraction of sp³-hybridized carbons (Fsp3) is 0.438. The van der Waals surface area contributed by atoms with Gasteiger partial charge in [-0.05, 0) is 6.07 Å². The van der Waals surface area contributed by atoms with Gasteiger partial charge >= 0.3 is 0 Å². The van der Waals surface area contributed by atoms with Crippen LogP contribution in [0, 0.1) is 0 Å². The Kier molecular flexibility index (Phi) is 3.70. The van der Waals surface area contributed by atoms with Gasteiger partial charge in [0.15, 0.2) is 5.75 Å². The Morgan fingerprint density at radius 1 is 1.26 bits per heavy atom. The standard InChI is InChI=1S/C16H18N4O3/c21-16(12-1-4-22-10-12)20-3-2-19-9-14(5-13(19)8-20)23-15-6-17-11-18-7-15/h1,4,6-7,10-11,13-14H,2-3,5,8-9H2/t13-,14+/m0/s1. The molecular formula is C16H18N4O3. The van der Waals surface area contributed by atoms with Gasteiger partial charge in [-0.3, -0.25) is 9.69 Å². The summed E-state index contributed by atoms with van der Waals surface area (Å²) in [6.45, 7) is 3.23. The minimum atomic E-state index is 0.0410. The lowest BCUT2D eigenvalue weighted by atomic mass is 10.1. The number of aromatic nitrogens is 2. The van der Waals surface area contributed by atoms with Crippen molar-refractivity contribution in [3.05, 3.63) is 42.9 Å². The molecule has 0 aliphatic carbocycles. The average Bonchev–Trinajstić information content (AvgIpc) is 3.23. The number of hydrogen-bond donors (Lipinski definition) is 0. The lowest BCUT2D eigenvalue weighted by Crippen LogP contribution is -2.52. The highest BCUT2D eigenvalue weighted by Gasteiger charge is 2.38. The maximum Gasteiger partial charge on any atom is 0.257 e. The smallest absolute Gasteiger partial charge is 0.257 e. The molecule has 0 N–H and O–H groups in total. The second-order valence-corrected chi connectivity index (χ2v) is 5.96. The van der Waals surface area contributed by atoms with Crippen LogP contribution >= 0.6 is 0 Å². The van der Waals surface area contributed by atoms with Crippen LogP contribution in [-0.2, 0) is 0 Å². The maximum absolute atomic E-state index is 12.4. The van der Waals surface area contributed by atoms with E-state index in [9.17, 15) is 4.79 Å². The van der Waals surface area contributed by atoms with E-state index in [-0.39, 0.29) is 12.0 Å². The first-order valence-electron chi connectivity index (χ1n) is 7.77. The van der Waals surface area contributed by atoms with Crippen LogP contribution in [-0.4, -0.2) is 64.0 Å². The number of ether oxygens (including phenoxy) is 1. The first-order chi connectivity index (χ1) is 11.3. The van der Waals surface area contributed by atoms with Gasteiger partial charge in [0.2, 0.25) is 0 Å². The molecule has 7 heteroatoms. The van der Waals surface area contributed by atoms with Gasteiger partial charge in [-0.1, -0.05) is 0 Å². The Labute approximate surface area is 133 Å². The molecule has 2 aromatic heterocycles. The number of hydrogen-bond acceptors (Lipinski definition) is 6. The maximum atomic E-state index is 12.4. The Bertz CT molecular complexity index is 661. The van der Waals surface area contributed by atoms with E-state index in [1.165, 1.54) is 18.9 Å². The summed E-state index contributed by atoms with van der Waals surface area (Å²) >= 11 is 0. The highest BCUT2D eigenvalue weighted by atomic mass is 16.5. The zero-order valence-electron chi connectivity index (χ0n) is 12.7. The van der Waals surface area contributed by atoms with Crippen molar-refractivity contribution in [1.82, 2.24) is 19.8 Å². The third kappa shape index (κ3) is 2.92. The molecule has 0 radical (unpaired) electrons. The van der Waals surface area contributed by atoms with E-state index in [0.29, 0.717) is 17.4 Å². The van der Waals surface area contributed by atoms with Crippen molar-refractivity contribution in [2.24, 2.45) is 0 Å². The number of piperazine rings is 1. The molecule has 0 saturated carbocycles. The first kappa shape index (κ1) is 14.2. The van der Waals surface area contributed by atoms with Gasteiger partial charge in [-0.25, -0.2) is 9.97 Å². The van der Waals surface area contributed by atoms with E-state index in [1.54, 1.807) is 18.5 Å². The zero-order valence-corrected chi connectivity index (χ0v) is 12.7. The highest BCUT2D eigenvalue weighted by molar-refractivity contribution is 5.93. The number of fused-ring (bicyclic) bond motifs is 1. The normalized spacial score (nSPS) is 24.4. The van der Waals surface area contributed by atoms with Gasteiger partial charge in [-0.2, -0.15) is 0 Å². The van der Waals surface area contributed by atoms with Gasteiger partial charge in [0, 0.05) is 38.6 Å². The molecule has 2 fully saturated rings. The van der Waals surface area contributed by atoms with E-state index in [1.807, 2.05) is 4.90 Å². The number of rotatable bonds is 3. The summed E-state index contributed by atoms with van der Waals surface area (Å²) in [5.74, 6) is 0.739. The fourth-order valence-electron chi connectivity index (χ4n) is 3.37. The van der Waals surface area contributed by atoms with Crippen LogP contribution in [0.25, 0.3) is 0 Å². The van der Waals surface area contributed by atoms with Crippen molar-refractivity contribution < 1.29 is 13.9 Å².